The number of rotatable bonds is 6. The van der Waals surface area contributed by atoms with Gasteiger partial charge in [0.05, 0.1) is 18.0 Å². The number of phenolic OH excluding ortho intramolecular Hbond substituents is 1. The minimum atomic E-state index is -3.35. The topological polar surface area (TPSA) is 92.9 Å². The molecule has 0 unspecified atom stereocenters. The summed E-state index contributed by atoms with van der Waals surface area (Å²) in [6.45, 7) is 3.26. The Kier molecular flexibility index (Phi) is 6.86. The summed E-state index contributed by atoms with van der Waals surface area (Å²) in [5, 5.41) is 12.9. The lowest BCUT2D eigenvalue weighted by Crippen LogP contribution is -2.44. The van der Waals surface area contributed by atoms with Crippen molar-refractivity contribution in [3.63, 3.8) is 0 Å². The highest BCUT2D eigenvalue weighted by Crippen LogP contribution is 2.40. The van der Waals surface area contributed by atoms with Gasteiger partial charge in [-0.05, 0) is 59.6 Å². The third-order valence-corrected chi connectivity index (χ3v) is 9.63. The average Bonchev–Trinajstić information content (AvgIpc) is 2.89. The molecule has 3 N–H and O–H groups in total. The highest BCUT2D eigenvalue weighted by atomic mass is 32.2. The second-order valence-corrected chi connectivity index (χ2v) is 11.9. The van der Waals surface area contributed by atoms with Crippen LogP contribution >= 0.6 is 0 Å². The highest BCUT2D eigenvalue weighted by Gasteiger charge is 2.37. The van der Waals surface area contributed by atoms with Gasteiger partial charge in [-0.1, -0.05) is 54.6 Å². The van der Waals surface area contributed by atoms with Gasteiger partial charge in [0.25, 0.3) is 0 Å². The molecule has 2 aliphatic rings. The van der Waals surface area contributed by atoms with Crippen LogP contribution in [-0.2, 0) is 27.6 Å². The van der Waals surface area contributed by atoms with Crippen molar-refractivity contribution in [2.24, 2.45) is 11.7 Å². The number of fused-ring (bicyclic) bond motifs is 2. The number of hydrogen-bond acceptors (Lipinski definition) is 5. The van der Waals surface area contributed by atoms with Gasteiger partial charge in [0.1, 0.15) is 5.75 Å². The molecule has 0 aliphatic carbocycles. The van der Waals surface area contributed by atoms with E-state index in [2.05, 4.69) is 18.2 Å². The Morgan fingerprint density at radius 2 is 1.80 bits per heavy atom. The lowest BCUT2D eigenvalue weighted by molar-refractivity contribution is -0.0612. The normalized spacial score (nSPS) is 21.8. The van der Waals surface area contributed by atoms with E-state index in [0.29, 0.717) is 38.2 Å². The maximum absolute atomic E-state index is 13.2. The third kappa shape index (κ3) is 4.83. The summed E-state index contributed by atoms with van der Waals surface area (Å²) >= 11 is 0. The van der Waals surface area contributed by atoms with Gasteiger partial charge in [-0.15, -0.1) is 0 Å². The molecule has 7 heteroatoms. The van der Waals surface area contributed by atoms with E-state index in [1.165, 1.54) is 0 Å². The maximum atomic E-state index is 13.2. The minimum Gasteiger partial charge on any atom is -0.507 e. The zero-order valence-electron chi connectivity index (χ0n) is 20.2. The summed E-state index contributed by atoms with van der Waals surface area (Å²) in [7, 11) is -3.35. The van der Waals surface area contributed by atoms with Crippen LogP contribution in [0.15, 0.2) is 54.6 Å². The molecule has 0 radical (unpaired) electrons. The summed E-state index contributed by atoms with van der Waals surface area (Å²) in [6.07, 6.45) is 2.33. The second kappa shape index (κ2) is 9.90. The molecule has 0 saturated carbocycles. The van der Waals surface area contributed by atoms with E-state index in [-0.39, 0.29) is 23.9 Å². The highest BCUT2D eigenvalue weighted by molar-refractivity contribution is 7.89. The van der Waals surface area contributed by atoms with Crippen LogP contribution in [0.1, 0.15) is 41.2 Å². The number of nitrogens with zero attached hydrogens (tertiary/aromatic N) is 1. The molecule has 1 fully saturated rings. The van der Waals surface area contributed by atoms with Crippen LogP contribution in [0.25, 0.3) is 10.8 Å². The Morgan fingerprint density at radius 3 is 2.57 bits per heavy atom. The van der Waals surface area contributed by atoms with Crippen molar-refractivity contribution in [1.82, 2.24) is 4.31 Å². The van der Waals surface area contributed by atoms with Gasteiger partial charge in [-0.3, -0.25) is 0 Å². The predicted octanol–water partition coefficient (Wildman–Crippen LogP) is 4.08. The number of nitrogens with two attached hydrogens (primary N) is 1. The molecule has 2 aliphatic heterocycles. The van der Waals surface area contributed by atoms with Crippen LogP contribution in [0.4, 0.5) is 0 Å². The molecule has 186 valence electrons. The van der Waals surface area contributed by atoms with Gasteiger partial charge >= 0.3 is 0 Å². The smallest absolute Gasteiger partial charge is 0.214 e. The summed E-state index contributed by atoms with van der Waals surface area (Å²) < 4.78 is 34.3. The molecule has 6 nitrogen and oxygen atoms in total. The molecule has 3 aromatic rings. The maximum Gasteiger partial charge on any atom is 0.214 e. The Labute approximate surface area is 207 Å². The molecule has 0 bridgehead atoms. The zero-order chi connectivity index (χ0) is 24.6. The molecule has 0 spiro atoms. The van der Waals surface area contributed by atoms with Gasteiger partial charge in [-0.2, -0.15) is 0 Å². The average molecular weight is 495 g/mol. The van der Waals surface area contributed by atoms with Crippen molar-refractivity contribution in [3.8, 4) is 5.75 Å². The summed E-state index contributed by atoms with van der Waals surface area (Å²) in [5.74, 6) is 0.686. The molecular weight excluding hydrogens is 460 g/mol. The third-order valence-electron chi connectivity index (χ3n) is 7.75. The molecule has 35 heavy (non-hydrogen) atoms. The van der Waals surface area contributed by atoms with Gasteiger partial charge in [0.15, 0.2) is 0 Å². The van der Waals surface area contributed by atoms with Crippen molar-refractivity contribution in [2.45, 2.75) is 44.8 Å². The Morgan fingerprint density at radius 1 is 1.06 bits per heavy atom. The summed E-state index contributed by atoms with van der Waals surface area (Å²) in [5.41, 5.74) is 9.83. The van der Waals surface area contributed by atoms with Crippen LogP contribution < -0.4 is 5.73 Å². The largest absolute Gasteiger partial charge is 0.507 e. The number of sulfonamides is 1. The molecule has 3 aromatic carbocycles. The first-order valence-corrected chi connectivity index (χ1v) is 14.1. The van der Waals surface area contributed by atoms with Crippen molar-refractivity contribution < 1.29 is 18.3 Å². The standard InChI is InChI=1S/C28H34N2O4S/c1-19-9-10-24-25(28(19)31)17-26(34-27(24)18-29)22-11-14-30(15-12-22)35(32,33)16-13-21-7-4-6-20-5-2-3-8-23(20)21/h2-10,22,26-27,31H,11-18,29H2,1H3/t26-,27-/m0/s1. The van der Waals surface area contributed by atoms with Gasteiger partial charge < -0.3 is 15.6 Å². The monoisotopic (exact) mass is 494 g/mol. The first kappa shape index (κ1) is 24.3. The van der Waals surface area contributed by atoms with Crippen molar-refractivity contribution in [1.29, 1.82) is 0 Å². The van der Waals surface area contributed by atoms with E-state index in [1.54, 1.807) is 4.31 Å². The lowest BCUT2D eigenvalue weighted by atomic mass is 9.83. The molecule has 5 rings (SSSR count). The number of aromatic hydroxyl groups is 1. The number of hydrogen-bond donors (Lipinski definition) is 2. The molecule has 0 aromatic heterocycles. The van der Waals surface area contributed by atoms with Crippen molar-refractivity contribution >= 4 is 20.8 Å². The van der Waals surface area contributed by atoms with Crippen LogP contribution in [0, 0.1) is 12.8 Å². The fraction of sp³-hybridized carbons (Fsp3) is 0.429. The Balaban J connectivity index is 1.23. The number of aryl methyl sites for hydroxylation is 2. The Hall–Kier alpha value is -2.45. The van der Waals surface area contributed by atoms with Crippen LogP contribution in [0.2, 0.25) is 0 Å². The molecule has 0 amide bonds. The van der Waals surface area contributed by atoms with Crippen LogP contribution in [-0.4, -0.2) is 49.3 Å². The Bertz CT molecular complexity index is 1310. The quantitative estimate of drug-likeness (QED) is 0.539. The first-order valence-electron chi connectivity index (χ1n) is 12.5. The fourth-order valence-corrected chi connectivity index (χ4v) is 7.19. The first-order chi connectivity index (χ1) is 16.9. The summed E-state index contributed by atoms with van der Waals surface area (Å²) in [6, 6.07) is 18.1. The van der Waals surface area contributed by atoms with E-state index in [0.717, 1.165) is 45.9 Å². The van der Waals surface area contributed by atoms with Crippen LogP contribution in [0.3, 0.4) is 0 Å². The minimum absolute atomic E-state index is 0.0655. The van der Waals surface area contributed by atoms with Crippen LogP contribution in [0.5, 0.6) is 5.75 Å². The van der Waals surface area contributed by atoms with Gasteiger partial charge in [-0.25, -0.2) is 12.7 Å². The van der Waals surface area contributed by atoms with E-state index in [9.17, 15) is 13.5 Å². The van der Waals surface area contributed by atoms with Crippen molar-refractivity contribution in [3.05, 3.63) is 76.9 Å². The van der Waals surface area contributed by atoms with E-state index in [4.69, 9.17) is 10.5 Å². The van der Waals surface area contributed by atoms with Gasteiger partial charge in [0, 0.05) is 31.6 Å². The number of piperidine rings is 1. The second-order valence-electron chi connectivity index (χ2n) is 9.84. The molecular formula is C28H34N2O4S. The molecule has 1 saturated heterocycles. The zero-order valence-corrected chi connectivity index (χ0v) is 21.0. The number of ether oxygens (including phenoxy) is 1. The SMILES string of the molecule is Cc1ccc2c(c1O)C[C@@H](C1CCN(S(=O)(=O)CCc3cccc4ccccc34)CC1)O[C@H]2CN. The number of benzene rings is 3. The molecule has 2 heterocycles. The van der Waals surface area contributed by atoms with E-state index < -0.39 is 10.0 Å². The molecule has 2 atom stereocenters. The van der Waals surface area contributed by atoms with Gasteiger partial charge in [0.2, 0.25) is 10.0 Å². The number of phenols is 1. The predicted molar refractivity (Wildman–Crippen MR) is 139 cm³/mol. The van der Waals surface area contributed by atoms with E-state index >= 15 is 0 Å². The lowest BCUT2D eigenvalue weighted by Gasteiger charge is -2.40. The van der Waals surface area contributed by atoms with Crippen molar-refractivity contribution in [2.75, 3.05) is 25.4 Å². The summed E-state index contributed by atoms with van der Waals surface area (Å²) in [4.78, 5) is 0. The fourth-order valence-electron chi connectivity index (χ4n) is 5.68. The van der Waals surface area contributed by atoms with E-state index in [1.807, 2.05) is 43.3 Å².